The Hall–Kier alpha value is -2.95. The smallest absolute Gasteiger partial charge is 0.204 e. The van der Waals surface area contributed by atoms with Crippen molar-refractivity contribution in [3.05, 3.63) is 53.6 Å². The molecular formula is C18H18O5. The van der Waals surface area contributed by atoms with E-state index in [1.54, 1.807) is 6.08 Å². The van der Waals surface area contributed by atoms with Gasteiger partial charge in [0.2, 0.25) is 5.75 Å². The topological polar surface area (TPSA) is 65.0 Å². The van der Waals surface area contributed by atoms with E-state index in [1.165, 1.54) is 33.5 Å². The molecule has 1 N–H and O–H groups in total. The summed E-state index contributed by atoms with van der Waals surface area (Å²) in [6.45, 7) is 0. The van der Waals surface area contributed by atoms with Gasteiger partial charge in [0.15, 0.2) is 17.3 Å². The largest absolute Gasteiger partial charge is 0.507 e. The number of hydrogen-bond acceptors (Lipinski definition) is 5. The highest BCUT2D eigenvalue weighted by atomic mass is 16.5. The summed E-state index contributed by atoms with van der Waals surface area (Å²) in [4.78, 5) is 12.5. The van der Waals surface area contributed by atoms with Gasteiger partial charge < -0.3 is 19.3 Å². The zero-order valence-electron chi connectivity index (χ0n) is 13.2. The molecule has 0 saturated carbocycles. The van der Waals surface area contributed by atoms with Crippen LogP contribution in [0.25, 0.3) is 6.08 Å². The van der Waals surface area contributed by atoms with Crippen LogP contribution in [0.2, 0.25) is 0 Å². The van der Waals surface area contributed by atoms with E-state index >= 15 is 0 Å². The van der Waals surface area contributed by atoms with E-state index in [0.29, 0.717) is 0 Å². The molecule has 0 radical (unpaired) electrons. The number of allylic oxidation sites excluding steroid dienone is 1. The number of ether oxygens (including phenoxy) is 3. The molecule has 0 unspecified atom stereocenters. The van der Waals surface area contributed by atoms with Gasteiger partial charge in [0.25, 0.3) is 0 Å². The number of hydrogen-bond donors (Lipinski definition) is 1. The average Bonchev–Trinajstić information content (AvgIpc) is 2.59. The highest BCUT2D eigenvalue weighted by molar-refractivity contribution is 6.11. The number of phenolic OH excluding ortho intramolecular Hbond substituents is 1. The van der Waals surface area contributed by atoms with E-state index in [4.69, 9.17) is 14.2 Å². The van der Waals surface area contributed by atoms with Gasteiger partial charge in [-0.2, -0.15) is 0 Å². The van der Waals surface area contributed by atoms with Crippen molar-refractivity contribution in [2.24, 2.45) is 0 Å². The Labute approximate surface area is 134 Å². The van der Waals surface area contributed by atoms with Crippen LogP contribution < -0.4 is 14.2 Å². The maximum atomic E-state index is 12.5. The fourth-order valence-corrected chi connectivity index (χ4v) is 2.20. The summed E-state index contributed by atoms with van der Waals surface area (Å²) < 4.78 is 15.6. The lowest BCUT2D eigenvalue weighted by molar-refractivity contribution is 0.104. The van der Waals surface area contributed by atoms with Crippen molar-refractivity contribution in [2.45, 2.75) is 0 Å². The second-order valence-electron chi connectivity index (χ2n) is 4.65. The molecule has 0 aromatic heterocycles. The van der Waals surface area contributed by atoms with Crippen molar-refractivity contribution < 1.29 is 24.1 Å². The fourth-order valence-electron chi connectivity index (χ4n) is 2.20. The van der Waals surface area contributed by atoms with Crippen molar-refractivity contribution in [1.29, 1.82) is 0 Å². The van der Waals surface area contributed by atoms with E-state index in [2.05, 4.69) is 0 Å². The molecule has 5 nitrogen and oxygen atoms in total. The molecule has 0 bridgehead atoms. The molecule has 2 aromatic rings. The van der Waals surface area contributed by atoms with Gasteiger partial charge in [0.05, 0.1) is 21.3 Å². The second-order valence-corrected chi connectivity index (χ2v) is 4.65. The molecule has 0 aliphatic rings. The standard InChI is InChI=1S/C18H18O5/c1-21-15-11-14(20)16(18(23-3)17(15)22-2)13(19)10-9-12-7-5-4-6-8-12/h4-11,20H,1-3H3/b10-9+. The van der Waals surface area contributed by atoms with Crippen LogP contribution in [0.5, 0.6) is 23.0 Å². The third kappa shape index (κ3) is 3.45. The van der Waals surface area contributed by atoms with E-state index in [0.717, 1.165) is 5.56 Å². The van der Waals surface area contributed by atoms with Crippen LogP contribution in [0.1, 0.15) is 15.9 Å². The Morgan fingerprint density at radius 1 is 1.00 bits per heavy atom. The Bertz CT molecular complexity index is 720. The summed E-state index contributed by atoms with van der Waals surface area (Å²) >= 11 is 0. The molecule has 0 atom stereocenters. The maximum Gasteiger partial charge on any atom is 0.204 e. The lowest BCUT2D eigenvalue weighted by Gasteiger charge is -2.15. The van der Waals surface area contributed by atoms with Crippen LogP contribution in [-0.4, -0.2) is 32.2 Å². The van der Waals surface area contributed by atoms with Crippen LogP contribution in [0, 0.1) is 0 Å². The lowest BCUT2D eigenvalue weighted by atomic mass is 10.1. The van der Waals surface area contributed by atoms with Gasteiger partial charge in [-0.1, -0.05) is 36.4 Å². The molecule has 0 amide bonds. The Morgan fingerprint density at radius 2 is 1.65 bits per heavy atom. The summed E-state index contributed by atoms with van der Waals surface area (Å²) in [5.41, 5.74) is 0.900. The Kier molecular flexibility index (Phi) is 5.25. The summed E-state index contributed by atoms with van der Waals surface area (Å²) in [6.07, 6.45) is 3.04. The number of ketones is 1. The summed E-state index contributed by atoms with van der Waals surface area (Å²) in [7, 11) is 4.27. The van der Waals surface area contributed by atoms with Crippen LogP contribution in [-0.2, 0) is 0 Å². The molecule has 0 spiro atoms. The molecular weight excluding hydrogens is 296 g/mol. The number of methoxy groups -OCH3 is 3. The Morgan fingerprint density at radius 3 is 2.22 bits per heavy atom. The third-order valence-electron chi connectivity index (χ3n) is 3.28. The first kappa shape index (κ1) is 16.4. The fraction of sp³-hybridized carbons (Fsp3) is 0.167. The van der Waals surface area contributed by atoms with Crippen LogP contribution in [0.4, 0.5) is 0 Å². The normalized spacial score (nSPS) is 10.6. The van der Waals surface area contributed by atoms with Gasteiger partial charge in [0, 0.05) is 6.07 Å². The number of carbonyl (C=O) groups excluding carboxylic acids is 1. The Balaban J connectivity index is 2.46. The monoisotopic (exact) mass is 314 g/mol. The predicted octanol–water partition coefficient (Wildman–Crippen LogP) is 3.31. The molecule has 0 aliphatic heterocycles. The van der Waals surface area contributed by atoms with E-state index in [1.807, 2.05) is 30.3 Å². The second kappa shape index (κ2) is 7.35. The van der Waals surface area contributed by atoms with Crippen molar-refractivity contribution in [3.8, 4) is 23.0 Å². The van der Waals surface area contributed by atoms with Gasteiger partial charge >= 0.3 is 0 Å². The molecule has 0 aliphatic carbocycles. The van der Waals surface area contributed by atoms with Crippen molar-refractivity contribution in [2.75, 3.05) is 21.3 Å². The average molecular weight is 314 g/mol. The van der Waals surface area contributed by atoms with Gasteiger partial charge in [-0.3, -0.25) is 4.79 Å². The minimum Gasteiger partial charge on any atom is -0.507 e. The molecule has 5 heteroatoms. The molecule has 0 saturated heterocycles. The summed E-state index contributed by atoms with van der Waals surface area (Å²) in [5.74, 6) is 0.0353. The first-order valence-electron chi connectivity index (χ1n) is 6.91. The van der Waals surface area contributed by atoms with E-state index < -0.39 is 5.78 Å². The predicted molar refractivity (Wildman–Crippen MR) is 87.6 cm³/mol. The first-order chi connectivity index (χ1) is 11.1. The third-order valence-corrected chi connectivity index (χ3v) is 3.28. The van der Waals surface area contributed by atoms with Crippen molar-refractivity contribution >= 4 is 11.9 Å². The van der Waals surface area contributed by atoms with Crippen LogP contribution >= 0.6 is 0 Å². The number of aromatic hydroxyl groups is 1. The van der Waals surface area contributed by atoms with Gasteiger partial charge in [-0.15, -0.1) is 0 Å². The number of carbonyl (C=O) groups is 1. The van der Waals surface area contributed by atoms with Crippen molar-refractivity contribution in [1.82, 2.24) is 0 Å². The lowest BCUT2D eigenvalue weighted by Crippen LogP contribution is -2.03. The molecule has 2 rings (SSSR count). The van der Waals surface area contributed by atoms with Gasteiger partial charge in [-0.25, -0.2) is 0 Å². The van der Waals surface area contributed by atoms with Crippen molar-refractivity contribution in [3.63, 3.8) is 0 Å². The minimum atomic E-state index is -0.399. The zero-order chi connectivity index (χ0) is 16.8. The zero-order valence-corrected chi connectivity index (χ0v) is 13.2. The number of phenols is 1. The maximum absolute atomic E-state index is 12.5. The summed E-state index contributed by atoms with van der Waals surface area (Å²) in [6, 6.07) is 10.7. The number of benzene rings is 2. The SMILES string of the molecule is COc1cc(O)c(C(=O)/C=C/c2ccccc2)c(OC)c1OC. The van der Waals surface area contributed by atoms with Gasteiger partial charge in [0.1, 0.15) is 11.3 Å². The quantitative estimate of drug-likeness (QED) is 0.654. The van der Waals surface area contributed by atoms with Gasteiger partial charge in [-0.05, 0) is 11.6 Å². The highest BCUT2D eigenvalue weighted by Gasteiger charge is 2.24. The molecule has 0 fully saturated rings. The number of rotatable bonds is 6. The minimum absolute atomic E-state index is 0.0253. The molecule has 23 heavy (non-hydrogen) atoms. The van der Waals surface area contributed by atoms with E-state index in [9.17, 15) is 9.90 Å². The van der Waals surface area contributed by atoms with Crippen LogP contribution in [0.15, 0.2) is 42.5 Å². The highest BCUT2D eigenvalue weighted by Crippen LogP contribution is 2.44. The molecule has 0 heterocycles. The first-order valence-corrected chi connectivity index (χ1v) is 6.91. The summed E-state index contributed by atoms with van der Waals surface area (Å²) in [5, 5.41) is 10.2. The molecule has 120 valence electrons. The van der Waals surface area contributed by atoms with Crippen LogP contribution in [0.3, 0.4) is 0 Å². The van der Waals surface area contributed by atoms with E-state index in [-0.39, 0.29) is 28.6 Å². The molecule has 2 aromatic carbocycles.